The predicted octanol–water partition coefficient (Wildman–Crippen LogP) is 30.4. The van der Waals surface area contributed by atoms with Crippen molar-refractivity contribution in [1.82, 2.24) is 0 Å². The minimum absolute atomic E-state index is 0.132. The smallest absolute Gasteiger partial charge is 0.311 e. The molecule has 0 aliphatic carbocycles. The fraction of sp³-hybridized carbons (Fsp3) is 0.615. The Balaban J connectivity index is 0.000000847. The summed E-state index contributed by atoms with van der Waals surface area (Å²) in [6.45, 7) is 74.3. The van der Waals surface area contributed by atoms with Crippen LogP contribution in [0.3, 0.4) is 0 Å². The molecular formula is C130H224N8O4S6+8. The van der Waals surface area contributed by atoms with E-state index in [0.717, 1.165) is 51.1 Å². The zero-order valence-electron chi connectivity index (χ0n) is 99.7. The second-order valence-electron chi connectivity index (χ2n) is 43.9. The van der Waals surface area contributed by atoms with E-state index in [-0.39, 0.29) is 11.9 Å². The molecule has 8 aromatic rings. The lowest BCUT2D eigenvalue weighted by Crippen LogP contribution is -2.50. The van der Waals surface area contributed by atoms with Gasteiger partial charge in [0.1, 0.15) is 39.4 Å². The van der Waals surface area contributed by atoms with Crippen LogP contribution in [0.15, 0.2) is 243 Å². The molecule has 0 heterocycles. The zero-order chi connectivity index (χ0) is 110. The van der Waals surface area contributed by atoms with Crippen LogP contribution in [0, 0.1) is 5.41 Å². The van der Waals surface area contributed by atoms with Crippen LogP contribution in [0.4, 0.5) is 0 Å². The highest BCUT2D eigenvalue weighted by Crippen LogP contribution is 2.24. The number of carbonyl (C=O) groups excluding carboxylic acids is 2. The number of nitrogens with zero attached hydrogens (tertiary/aromatic N) is 8. The van der Waals surface area contributed by atoms with Gasteiger partial charge < -0.3 is 45.3 Å². The van der Waals surface area contributed by atoms with Crippen molar-refractivity contribution in [2.75, 3.05) is 271 Å². The first-order chi connectivity index (χ1) is 71.1. The maximum Gasteiger partial charge on any atom is 0.311 e. The van der Waals surface area contributed by atoms with Crippen molar-refractivity contribution < 1.29 is 54.9 Å². The fourth-order valence-corrected chi connectivity index (χ4v) is 25.2. The van der Waals surface area contributed by atoms with E-state index in [1.165, 1.54) is 359 Å². The van der Waals surface area contributed by atoms with Gasteiger partial charge in [0.2, 0.25) is 0 Å². The van der Waals surface area contributed by atoms with Gasteiger partial charge in [0.25, 0.3) is 0 Å². The van der Waals surface area contributed by atoms with Gasteiger partial charge in [-0.05, 0) is 203 Å². The Morgan fingerprint density at radius 1 is 0.236 bits per heavy atom. The van der Waals surface area contributed by atoms with Crippen LogP contribution < -0.4 is 0 Å². The molecule has 148 heavy (non-hydrogen) atoms. The van der Waals surface area contributed by atoms with Crippen molar-refractivity contribution in [3.05, 3.63) is 287 Å². The first kappa shape index (κ1) is 140. The van der Waals surface area contributed by atoms with E-state index in [0.29, 0.717) is 13.2 Å². The molecule has 0 bridgehead atoms. The first-order valence-corrected chi connectivity index (χ1v) is 64.8. The number of likely N-dealkylation sites (N-methyl/N-ethyl adjacent to an activating group) is 2. The monoisotopic (exact) mass is 2150 g/mol. The molecule has 0 aliphatic heterocycles. The van der Waals surface area contributed by atoms with Crippen molar-refractivity contribution in [3.8, 4) is 0 Å². The molecule has 0 fully saturated rings. The van der Waals surface area contributed by atoms with Crippen LogP contribution in [-0.2, 0) is 69.3 Å². The second-order valence-corrected chi connectivity index (χ2v) is 51.0. The number of unbranched alkanes of at least 4 members (excludes halogenated alkanes) is 2. The largest absolute Gasteiger partial charge is 0.460 e. The molecule has 0 spiro atoms. The highest BCUT2D eigenvalue weighted by molar-refractivity contribution is 8.00. The molecule has 18 heteroatoms. The zero-order valence-corrected chi connectivity index (χ0v) is 105. The maximum absolute atomic E-state index is 11.7. The Labute approximate surface area is 939 Å². The van der Waals surface area contributed by atoms with Crippen LogP contribution in [0.2, 0.25) is 0 Å². The molecule has 0 radical (unpaired) electrons. The third-order valence-electron chi connectivity index (χ3n) is 28.5. The standard InChI is InChI=1S/C19H34NS.2C18H32NS.C17H30NS.C16H26NO2.C16H28NS.C13H20NO2.C13H22NS/c1-4-7-15-20(6-3,14-5-2)16-18-21-17-13-19-11-9-8-10-12-19;1-4-13-19(6-3,14-5-2)15-17-20-16-12-18-10-8-7-9-11-18;1-4-7-14-19(6-3,13-5-2)15-16-20-17-18-11-9-8-10-12-18;1-4-12-18(6-3,13-5-2)14-15-19-16-17-10-8-7-9-11-17;1-16(2,3)15(18)19-12-11-17(4,5)13-14-9-7-6-8-10-14;1-4-17(5-2,6-3)13-15-18-14-12-16-10-8-7-9-11-16;1-12(15)16-10-9-14(2,3)11-13-7-5-4-6-8-13;1-14(2,3)10-12-15-11-9-13-7-5-4-6-8-13/h8-12H,4-7,13-18H2,1-3H3;7-11H,4-6,12-17H2,1-3H3;8-12H,4-7,13-17H2,1-3H3;7-11H,4-6,12-16H2,1-3H3;6-10H,11-13H2,1-5H3;7-11H,4-6,12-15H2,1-3H3;4-8H,9-11H2,1-3H3;4-8H,9-12H2,1-3H3/q8*+1. The summed E-state index contributed by atoms with van der Waals surface area (Å²) in [5.41, 5.74) is 11.0. The summed E-state index contributed by atoms with van der Waals surface area (Å²) in [5.74, 6) is 14.7. The summed E-state index contributed by atoms with van der Waals surface area (Å²) in [6, 6.07) is 85.6. The van der Waals surface area contributed by atoms with Crippen LogP contribution >= 0.6 is 70.6 Å². The fourth-order valence-electron chi connectivity index (χ4n) is 18.5. The summed E-state index contributed by atoms with van der Waals surface area (Å²) in [6.07, 6.45) is 18.1. The van der Waals surface area contributed by atoms with Crippen LogP contribution in [-0.4, -0.2) is 318 Å². The van der Waals surface area contributed by atoms with Crippen LogP contribution in [0.25, 0.3) is 0 Å². The topological polar surface area (TPSA) is 52.6 Å². The number of quaternary nitrogens is 8. The maximum atomic E-state index is 11.7. The lowest BCUT2D eigenvalue weighted by Gasteiger charge is -2.38. The lowest BCUT2D eigenvalue weighted by molar-refractivity contribution is -0.924. The number of ether oxygens (including phenoxy) is 2. The molecule has 8 aromatic carbocycles. The number of hydrogen-bond acceptors (Lipinski definition) is 10. The number of carbonyl (C=O) groups is 2. The number of rotatable bonds is 69. The Bertz CT molecular complexity index is 4310. The average Bonchev–Trinajstić information content (AvgIpc) is 0.888. The highest BCUT2D eigenvalue weighted by Gasteiger charge is 2.29. The first-order valence-electron chi connectivity index (χ1n) is 57.9. The van der Waals surface area contributed by atoms with Crippen molar-refractivity contribution in [3.63, 3.8) is 0 Å². The number of aryl methyl sites for hydroxylation is 4. The third kappa shape index (κ3) is 71.5. The Hall–Kier alpha value is -5.52. The van der Waals surface area contributed by atoms with Crippen molar-refractivity contribution in [1.29, 1.82) is 0 Å². The van der Waals surface area contributed by atoms with Crippen LogP contribution in [0.5, 0.6) is 0 Å². The third-order valence-corrected chi connectivity index (χ3v) is 34.4. The van der Waals surface area contributed by atoms with E-state index in [4.69, 9.17) is 9.47 Å². The van der Waals surface area contributed by atoms with E-state index in [1.54, 1.807) is 0 Å². The SMILES string of the molecule is CC(=O)OCC[N+](C)(C)Cc1ccccc1.CC(C)(C)C(=O)OCC[N+](C)(C)Cc1ccccc1.CCCC[N+](CC)(CCC)CCSCCc1ccccc1.CCCC[N+](CC)(CCC)CCSCc1ccccc1.CCC[N+](CC)(CCC)CCSCCc1ccccc1.CCC[N+](CC)(CCC)CCSCc1ccccc1.CC[N+](CC)(CC)CCSCCc1ccccc1.C[N+](C)(C)CCSCCc1ccccc1. The highest BCUT2D eigenvalue weighted by atomic mass is 32.2. The Kier molecular flexibility index (Phi) is 82.3. The van der Waals surface area contributed by atoms with Gasteiger partial charge in [0, 0.05) is 64.1 Å². The molecule has 0 N–H and O–H groups in total. The van der Waals surface area contributed by atoms with Crippen molar-refractivity contribution in [2.45, 2.75) is 246 Å². The average molecular weight is 2160 g/mol. The number of esters is 2. The molecule has 2 atom stereocenters. The van der Waals surface area contributed by atoms with Crippen LogP contribution in [0.1, 0.15) is 240 Å². The number of benzene rings is 8. The summed E-state index contributed by atoms with van der Waals surface area (Å²) >= 11 is 12.6. The quantitative estimate of drug-likeness (QED) is 0.0209. The van der Waals surface area contributed by atoms with Gasteiger partial charge in [0.15, 0.2) is 0 Å². The van der Waals surface area contributed by atoms with Gasteiger partial charge >= 0.3 is 11.9 Å². The molecule has 12 nitrogen and oxygen atoms in total. The minimum Gasteiger partial charge on any atom is -0.460 e. The van der Waals surface area contributed by atoms with E-state index in [1.807, 2.05) is 45.0 Å². The summed E-state index contributed by atoms with van der Waals surface area (Å²) in [4.78, 5) is 22.3. The van der Waals surface area contributed by atoms with Gasteiger partial charge in [-0.1, -0.05) is 311 Å². The Morgan fingerprint density at radius 3 is 0.676 bits per heavy atom. The van der Waals surface area contributed by atoms with E-state index in [2.05, 4.69) is 442 Å². The summed E-state index contributed by atoms with van der Waals surface area (Å²) in [5, 5.41) is 0. The number of thioether (sulfide) groups is 6. The van der Waals surface area contributed by atoms with Gasteiger partial charge in [-0.25, -0.2) is 0 Å². The molecule has 0 saturated carbocycles. The minimum atomic E-state index is -0.420. The Morgan fingerprint density at radius 2 is 0.453 bits per heavy atom. The molecule has 0 aliphatic rings. The van der Waals surface area contributed by atoms with Gasteiger partial charge in [-0.2, -0.15) is 70.6 Å². The van der Waals surface area contributed by atoms with Crippen molar-refractivity contribution in [2.24, 2.45) is 5.41 Å². The molecule has 836 valence electrons. The molecule has 0 aromatic heterocycles. The van der Waals surface area contributed by atoms with E-state index in [9.17, 15) is 9.59 Å². The molecule has 0 saturated heterocycles. The van der Waals surface area contributed by atoms with Gasteiger partial charge in [-0.3, -0.25) is 9.59 Å². The molecule has 8 rings (SSSR count). The van der Waals surface area contributed by atoms with E-state index < -0.39 is 5.41 Å². The summed E-state index contributed by atoms with van der Waals surface area (Å²) < 4.78 is 19.6. The lowest BCUT2D eigenvalue weighted by atomic mass is 9.97. The molecular weight excluding hydrogens is 1930 g/mol. The normalized spacial score (nSPS) is 12.4. The van der Waals surface area contributed by atoms with Gasteiger partial charge in [0.05, 0.1) is 192 Å². The van der Waals surface area contributed by atoms with Crippen molar-refractivity contribution >= 4 is 82.5 Å². The number of hydrogen-bond donors (Lipinski definition) is 0. The summed E-state index contributed by atoms with van der Waals surface area (Å²) in [7, 11) is 15.3. The van der Waals surface area contributed by atoms with E-state index >= 15 is 0 Å². The van der Waals surface area contributed by atoms with Gasteiger partial charge in [-0.15, -0.1) is 0 Å². The predicted molar refractivity (Wildman–Crippen MR) is 669 cm³/mol. The second kappa shape index (κ2) is 86.7. The molecule has 2 unspecified atom stereocenters. The molecule has 0 amide bonds.